The molecule has 2 aromatic carbocycles. The van der Waals surface area contributed by atoms with Crippen molar-refractivity contribution in [2.45, 2.75) is 4.90 Å². The van der Waals surface area contributed by atoms with E-state index in [-0.39, 0.29) is 23.9 Å². The number of hydrogen-bond acceptors (Lipinski definition) is 4. The summed E-state index contributed by atoms with van der Waals surface area (Å²) < 4.78 is 25.8. The Morgan fingerprint density at radius 3 is 2.32 bits per heavy atom. The number of para-hydroxylation sites is 1. The van der Waals surface area contributed by atoms with Gasteiger partial charge in [0.2, 0.25) is 15.9 Å². The Labute approximate surface area is 148 Å². The van der Waals surface area contributed by atoms with Crippen molar-refractivity contribution in [3.8, 4) is 0 Å². The normalized spacial score (nSPS) is 11.1. The first-order valence-electron chi connectivity index (χ1n) is 7.69. The predicted octanol–water partition coefficient (Wildman–Crippen LogP) is 2.54. The van der Waals surface area contributed by atoms with Gasteiger partial charge in [-0.2, -0.15) is 4.31 Å². The fourth-order valence-corrected chi connectivity index (χ4v) is 3.26. The van der Waals surface area contributed by atoms with Crippen molar-refractivity contribution in [1.29, 1.82) is 0 Å². The van der Waals surface area contributed by atoms with E-state index in [1.807, 2.05) is 18.2 Å². The fourth-order valence-electron chi connectivity index (χ4n) is 2.11. The number of anilines is 2. The van der Waals surface area contributed by atoms with Gasteiger partial charge in [-0.05, 0) is 36.4 Å². The molecule has 0 atom stereocenters. The lowest BCUT2D eigenvalue weighted by Gasteiger charge is -2.15. The van der Waals surface area contributed by atoms with E-state index in [1.165, 1.54) is 29.6 Å². The molecule has 0 fully saturated rings. The Hall–Kier alpha value is -2.64. The summed E-state index contributed by atoms with van der Waals surface area (Å²) >= 11 is 0. The summed E-state index contributed by atoms with van der Waals surface area (Å²) in [7, 11) is -2.04. The Bertz CT molecular complexity index is 818. The molecule has 0 saturated carbocycles. The molecule has 0 unspecified atom stereocenters. The number of sulfonamides is 1. The molecule has 1 amide bonds. The van der Waals surface area contributed by atoms with Gasteiger partial charge in [0.25, 0.3) is 0 Å². The smallest absolute Gasteiger partial charge is 0.243 e. The first-order chi connectivity index (χ1) is 11.9. The summed E-state index contributed by atoms with van der Waals surface area (Å²) in [5.41, 5.74) is 1.38. The Morgan fingerprint density at radius 2 is 1.72 bits per heavy atom. The summed E-state index contributed by atoms with van der Waals surface area (Å²) in [4.78, 5) is 12.1. The topological polar surface area (TPSA) is 78.5 Å². The van der Waals surface area contributed by atoms with Crippen LogP contribution in [0.5, 0.6) is 0 Å². The van der Waals surface area contributed by atoms with Gasteiger partial charge in [0.15, 0.2) is 0 Å². The van der Waals surface area contributed by atoms with Gasteiger partial charge in [-0.15, -0.1) is 6.58 Å². The summed E-state index contributed by atoms with van der Waals surface area (Å²) in [6.07, 6.45) is 1.53. The number of amides is 1. The van der Waals surface area contributed by atoms with Crippen LogP contribution in [0.15, 0.2) is 72.1 Å². The molecule has 0 bridgehead atoms. The van der Waals surface area contributed by atoms with Crippen LogP contribution in [0.1, 0.15) is 0 Å². The molecule has 2 aromatic rings. The molecule has 0 spiro atoms. The highest BCUT2D eigenvalue weighted by Gasteiger charge is 2.19. The first-order valence-corrected chi connectivity index (χ1v) is 9.13. The van der Waals surface area contributed by atoms with Crippen LogP contribution in [0.25, 0.3) is 0 Å². The van der Waals surface area contributed by atoms with Crippen LogP contribution in [0.3, 0.4) is 0 Å². The molecule has 2 N–H and O–H groups in total. The van der Waals surface area contributed by atoms with Crippen LogP contribution in [-0.2, 0) is 14.8 Å². The van der Waals surface area contributed by atoms with E-state index in [2.05, 4.69) is 17.2 Å². The van der Waals surface area contributed by atoms with Crippen molar-refractivity contribution in [1.82, 2.24) is 4.31 Å². The second-order valence-corrected chi connectivity index (χ2v) is 7.41. The molecule has 2 rings (SSSR count). The molecule has 6 nitrogen and oxygen atoms in total. The van der Waals surface area contributed by atoms with Crippen molar-refractivity contribution >= 4 is 27.3 Å². The van der Waals surface area contributed by atoms with E-state index < -0.39 is 10.0 Å². The third kappa shape index (κ3) is 5.17. The number of carbonyl (C=O) groups is 1. The highest BCUT2D eigenvalue weighted by molar-refractivity contribution is 7.89. The number of nitrogens with zero attached hydrogens (tertiary/aromatic N) is 1. The van der Waals surface area contributed by atoms with Gasteiger partial charge >= 0.3 is 0 Å². The van der Waals surface area contributed by atoms with Crippen molar-refractivity contribution < 1.29 is 13.2 Å². The monoisotopic (exact) mass is 359 g/mol. The quantitative estimate of drug-likeness (QED) is 0.710. The highest BCUT2D eigenvalue weighted by atomic mass is 32.2. The minimum absolute atomic E-state index is 0.0807. The lowest BCUT2D eigenvalue weighted by atomic mass is 10.3. The highest BCUT2D eigenvalue weighted by Crippen LogP contribution is 2.17. The average molecular weight is 359 g/mol. The van der Waals surface area contributed by atoms with Crippen LogP contribution >= 0.6 is 0 Å². The van der Waals surface area contributed by atoms with Crippen LogP contribution in [-0.4, -0.2) is 38.8 Å². The third-order valence-corrected chi connectivity index (χ3v) is 5.30. The van der Waals surface area contributed by atoms with Gasteiger partial charge in [0.05, 0.1) is 11.4 Å². The molecule has 0 radical (unpaired) electrons. The number of benzene rings is 2. The maximum absolute atomic E-state index is 12.3. The molecule has 0 heterocycles. The summed E-state index contributed by atoms with van der Waals surface area (Å²) in [5.74, 6) is -0.186. The molecule has 132 valence electrons. The molecule has 7 heteroatoms. The standard InChI is InChI=1S/C18H21N3O3S/c1-3-13-21(2)25(23,24)17-11-9-15(10-12-17)19-14-18(22)20-16-7-5-4-6-8-16/h3-12,19H,1,13-14H2,2H3,(H,20,22). The van der Waals surface area contributed by atoms with E-state index >= 15 is 0 Å². The molecule has 0 aliphatic rings. The van der Waals surface area contributed by atoms with Crippen LogP contribution in [0.2, 0.25) is 0 Å². The van der Waals surface area contributed by atoms with Crippen molar-refractivity contribution in [2.75, 3.05) is 30.8 Å². The van der Waals surface area contributed by atoms with Crippen LogP contribution in [0, 0.1) is 0 Å². The predicted molar refractivity (Wildman–Crippen MR) is 100 cm³/mol. The molecular weight excluding hydrogens is 338 g/mol. The molecule has 0 saturated heterocycles. The molecular formula is C18H21N3O3S. The molecule has 25 heavy (non-hydrogen) atoms. The zero-order chi connectivity index (χ0) is 18.3. The van der Waals surface area contributed by atoms with Crippen molar-refractivity contribution in [3.05, 3.63) is 67.3 Å². The number of carbonyl (C=O) groups excluding carboxylic acids is 1. The number of likely N-dealkylation sites (N-methyl/N-ethyl adjacent to an activating group) is 1. The minimum Gasteiger partial charge on any atom is -0.376 e. The van der Waals surface area contributed by atoms with Gasteiger partial charge in [0, 0.05) is 25.0 Å². The summed E-state index contributed by atoms with van der Waals surface area (Å²) in [6, 6.07) is 15.4. The Balaban J connectivity index is 1.94. The fraction of sp³-hybridized carbons (Fsp3) is 0.167. The second-order valence-electron chi connectivity index (χ2n) is 5.37. The molecule has 0 aliphatic carbocycles. The van der Waals surface area contributed by atoms with E-state index in [9.17, 15) is 13.2 Å². The maximum atomic E-state index is 12.3. The Kier molecular flexibility index (Phi) is 6.32. The van der Waals surface area contributed by atoms with Gasteiger partial charge in [0.1, 0.15) is 0 Å². The first kappa shape index (κ1) is 18.7. The maximum Gasteiger partial charge on any atom is 0.243 e. The summed E-state index contributed by atoms with van der Waals surface area (Å²) in [6.45, 7) is 3.86. The number of rotatable bonds is 8. The lowest BCUT2D eigenvalue weighted by molar-refractivity contribution is -0.114. The van der Waals surface area contributed by atoms with Gasteiger partial charge in [-0.1, -0.05) is 24.3 Å². The van der Waals surface area contributed by atoms with Crippen LogP contribution < -0.4 is 10.6 Å². The summed E-state index contributed by atoms with van der Waals surface area (Å²) in [5, 5.41) is 5.72. The Morgan fingerprint density at radius 1 is 1.08 bits per heavy atom. The lowest BCUT2D eigenvalue weighted by Crippen LogP contribution is -2.27. The van der Waals surface area contributed by atoms with Crippen molar-refractivity contribution in [2.24, 2.45) is 0 Å². The molecule has 0 aliphatic heterocycles. The third-order valence-electron chi connectivity index (χ3n) is 3.46. The van der Waals surface area contributed by atoms with Crippen LogP contribution in [0.4, 0.5) is 11.4 Å². The minimum atomic E-state index is -3.53. The zero-order valence-electron chi connectivity index (χ0n) is 14.0. The number of nitrogens with one attached hydrogen (secondary N) is 2. The number of hydrogen-bond donors (Lipinski definition) is 2. The second kappa shape index (κ2) is 8.46. The van der Waals surface area contributed by atoms with Gasteiger partial charge in [-0.25, -0.2) is 8.42 Å². The van der Waals surface area contributed by atoms with E-state index in [0.717, 1.165) is 5.69 Å². The SMILES string of the molecule is C=CCN(C)S(=O)(=O)c1ccc(NCC(=O)Nc2ccccc2)cc1. The van der Waals surface area contributed by atoms with E-state index in [1.54, 1.807) is 24.3 Å². The van der Waals surface area contributed by atoms with Crippen molar-refractivity contribution in [3.63, 3.8) is 0 Å². The molecule has 0 aromatic heterocycles. The van der Waals surface area contributed by atoms with E-state index in [0.29, 0.717) is 5.69 Å². The average Bonchev–Trinajstić information content (AvgIpc) is 2.61. The van der Waals surface area contributed by atoms with Gasteiger partial charge in [-0.3, -0.25) is 4.79 Å². The zero-order valence-corrected chi connectivity index (χ0v) is 14.8. The van der Waals surface area contributed by atoms with E-state index in [4.69, 9.17) is 0 Å². The van der Waals surface area contributed by atoms with Gasteiger partial charge < -0.3 is 10.6 Å². The largest absolute Gasteiger partial charge is 0.376 e.